The number of carbonyl (C=O) groups excluding carboxylic acids is 1. The Hall–Kier alpha value is -2.49. The Morgan fingerprint density at radius 1 is 1.36 bits per heavy atom. The number of hydrogen-bond donors (Lipinski definition) is 1. The van der Waals surface area contributed by atoms with Crippen LogP contribution in [0.15, 0.2) is 6.07 Å². The number of anilines is 2. The summed E-state index contributed by atoms with van der Waals surface area (Å²) in [5, 5.41) is 9.60. The molecule has 0 bridgehead atoms. The van der Waals surface area contributed by atoms with Crippen LogP contribution in [0.1, 0.15) is 64.6 Å². The average molecular weight is 386 g/mol. The molecular weight excluding hydrogens is 354 g/mol. The lowest BCUT2D eigenvalue weighted by Gasteiger charge is -2.44. The first-order chi connectivity index (χ1) is 13.1. The second-order valence-electron chi connectivity index (χ2n) is 9.15. The quantitative estimate of drug-likeness (QED) is 0.855. The number of nitrogens with two attached hydrogens (primary N) is 1. The summed E-state index contributed by atoms with van der Waals surface area (Å²) in [6.45, 7) is 11.6. The molecule has 1 atom stereocenters. The van der Waals surface area contributed by atoms with Crippen molar-refractivity contribution in [3.8, 4) is 6.07 Å². The van der Waals surface area contributed by atoms with Gasteiger partial charge in [0.15, 0.2) is 0 Å². The van der Waals surface area contributed by atoms with Crippen LogP contribution in [0.25, 0.3) is 0 Å². The molecule has 7 nitrogen and oxygen atoms in total. The fourth-order valence-electron chi connectivity index (χ4n) is 3.66. The van der Waals surface area contributed by atoms with E-state index >= 15 is 0 Å². The molecule has 2 heterocycles. The Morgan fingerprint density at radius 3 is 2.57 bits per heavy atom. The van der Waals surface area contributed by atoms with Crippen LogP contribution in [-0.4, -0.2) is 47.3 Å². The van der Waals surface area contributed by atoms with Crippen LogP contribution in [0.3, 0.4) is 0 Å². The summed E-state index contributed by atoms with van der Waals surface area (Å²) < 4.78 is 5.60. The van der Waals surface area contributed by atoms with E-state index in [1.807, 2.05) is 25.7 Å². The molecule has 2 aliphatic rings. The minimum atomic E-state index is -0.526. The highest BCUT2D eigenvalue weighted by atomic mass is 16.6. The summed E-state index contributed by atoms with van der Waals surface area (Å²) in [6, 6.07) is 3.98. The monoisotopic (exact) mass is 385 g/mol. The van der Waals surface area contributed by atoms with Crippen molar-refractivity contribution in [3.05, 3.63) is 17.3 Å². The zero-order valence-corrected chi connectivity index (χ0v) is 17.5. The lowest BCUT2D eigenvalue weighted by atomic mass is 9.99. The minimum Gasteiger partial charge on any atom is -0.444 e. The van der Waals surface area contributed by atoms with Crippen molar-refractivity contribution >= 4 is 17.6 Å². The summed E-state index contributed by atoms with van der Waals surface area (Å²) >= 11 is 0. The van der Waals surface area contributed by atoms with Crippen molar-refractivity contribution in [1.82, 2.24) is 9.88 Å². The fourth-order valence-corrected chi connectivity index (χ4v) is 3.66. The summed E-state index contributed by atoms with van der Waals surface area (Å²) in [5.41, 5.74) is 7.61. The number of ether oxygens (including phenoxy) is 1. The van der Waals surface area contributed by atoms with E-state index in [0.29, 0.717) is 42.6 Å². The minimum absolute atomic E-state index is 0.0149. The Balaban J connectivity index is 1.85. The van der Waals surface area contributed by atoms with Gasteiger partial charge in [-0.05, 0) is 45.6 Å². The molecule has 7 heteroatoms. The lowest BCUT2D eigenvalue weighted by Crippen LogP contribution is -2.58. The molecule has 0 radical (unpaired) electrons. The van der Waals surface area contributed by atoms with Crippen LogP contribution < -0.4 is 10.6 Å². The Labute approximate surface area is 167 Å². The van der Waals surface area contributed by atoms with Crippen LogP contribution in [-0.2, 0) is 4.74 Å². The van der Waals surface area contributed by atoms with E-state index in [-0.39, 0.29) is 18.1 Å². The predicted molar refractivity (Wildman–Crippen MR) is 109 cm³/mol. The summed E-state index contributed by atoms with van der Waals surface area (Å²) in [5.74, 6) is 1.35. The molecule has 1 aromatic rings. The number of nitrogens with zero attached hydrogens (tertiary/aromatic N) is 4. The molecule has 1 unspecified atom stereocenters. The molecule has 1 aliphatic carbocycles. The van der Waals surface area contributed by atoms with E-state index in [1.54, 1.807) is 6.07 Å². The number of hydrogen-bond acceptors (Lipinski definition) is 6. The van der Waals surface area contributed by atoms with E-state index in [2.05, 4.69) is 24.8 Å². The van der Waals surface area contributed by atoms with E-state index < -0.39 is 5.60 Å². The third-order valence-corrected chi connectivity index (χ3v) is 5.26. The number of rotatable bonds is 3. The molecule has 1 saturated heterocycles. The largest absolute Gasteiger partial charge is 0.444 e. The van der Waals surface area contributed by atoms with E-state index in [1.165, 1.54) is 0 Å². The Kier molecular flexibility index (Phi) is 5.42. The highest BCUT2D eigenvalue weighted by Gasteiger charge is 2.37. The zero-order chi connectivity index (χ0) is 20.6. The maximum atomic E-state index is 12.7. The van der Waals surface area contributed by atoms with Gasteiger partial charge in [-0.3, -0.25) is 0 Å². The van der Waals surface area contributed by atoms with Crippen molar-refractivity contribution < 1.29 is 9.53 Å². The second kappa shape index (κ2) is 7.50. The van der Waals surface area contributed by atoms with Gasteiger partial charge in [-0.15, -0.1) is 0 Å². The highest BCUT2D eigenvalue weighted by Crippen LogP contribution is 2.43. The summed E-state index contributed by atoms with van der Waals surface area (Å²) in [6.07, 6.45) is 1.92. The van der Waals surface area contributed by atoms with E-state index in [9.17, 15) is 10.1 Å². The lowest BCUT2D eigenvalue weighted by molar-refractivity contribution is 0.00878. The molecule has 0 spiro atoms. The number of aromatic nitrogens is 1. The Bertz CT molecular complexity index is 789. The highest BCUT2D eigenvalue weighted by molar-refractivity contribution is 5.70. The second-order valence-corrected chi connectivity index (χ2v) is 9.15. The SMILES string of the molecule is CC(C)C1CN(c2nc(C3CC3)c(N)cc2C#N)CCN1C(=O)OC(C)(C)C. The molecule has 2 fully saturated rings. The van der Waals surface area contributed by atoms with Crippen LogP contribution >= 0.6 is 0 Å². The summed E-state index contributed by atoms with van der Waals surface area (Å²) in [4.78, 5) is 21.4. The number of carbonyl (C=O) groups is 1. The number of pyridine rings is 1. The molecule has 1 saturated carbocycles. The van der Waals surface area contributed by atoms with E-state index in [0.717, 1.165) is 18.5 Å². The van der Waals surface area contributed by atoms with Gasteiger partial charge in [0, 0.05) is 25.6 Å². The fraction of sp³-hybridized carbons (Fsp3) is 0.667. The molecule has 3 rings (SSSR count). The standard InChI is InChI=1S/C21H31N5O2/c1-13(2)17-12-25(8-9-26(17)20(27)28-21(3,4)5)19-15(11-22)10-16(23)18(24-19)14-6-7-14/h10,13-14,17H,6-9,12,23H2,1-5H3. The van der Waals surface area contributed by atoms with Crippen LogP contribution in [0.5, 0.6) is 0 Å². The van der Waals surface area contributed by atoms with Gasteiger partial charge in [-0.25, -0.2) is 9.78 Å². The van der Waals surface area contributed by atoms with Gasteiger partial charge < -0.3 is 20.3 Å². The van der Waals surface area contributed by atoms with Crippen LogP contribution in [0.2, 0.25) is 0 Å². The van der Waals surface area contributed by atoms with Crippen molar-refractivity contribution in [2.24, 2.45) is 5.92 Å². The normalized spacial score (nSPS) is 20.2. The van der Waals surface area contributed by atoms with Gasteiger partial charge in [0.05, 0.1) is 23.0 Å². The van der Waals surface area contributed by atoms with Crippen molar-refractivity contribution in [1.29, 1.82) is 5.26 Å². The smallest absolute Gasteiger partial charge is 0.410 e. The van der Waals surface area contributed by atoms with E-state index in [4.69, 9.17) is 15.5 Å². The number of nitriles is 1. The Morgan fingerprint density at radius 2 is 2.04 bits per heavy atom. The van der Waals surface area contributed by atoms with Gasteiger partial charge in [-0.2, -0.15) is 5.26 Å². The van der Waals surface area contributed by atoms with Crippen molar-refractivity contribution in [2.45, 2.75) is 65.0 Å². The number of nitrogen functional groups attached to an aromatic ring is 1. The third-order valence-electron chi connectivity index (χ3n) is 5.26. The number of piperazine rings is 1. The zero-order valence-electron chi connectivity index (χ0n) is 17.5. The molecular formula is C21H31N5O2. The van der Waals surface area contributed by atoms with Crippen LogP contribution in [0, 0.1) is 17.2 Å². The molecule has 2 N–H and O–H groups in total. The molecule has 0 aromatic carbocycles. The van der Waals surface area contributed by atoms with Gasteiger partial charge in [-0.1, -0.05) is 13.8 Å². The molecule has 1 aromatic heterocycles. The maximum Gasteiger partial charge on any atom is 0.410 e. The number of amides is 1. The average Bonchev–Trinajstić information content (AvgIpc) is 3.44. The van der Waals surface area contributed by atoms with Crippen LogP contribution in [0.4, 0.5) is 16.3 Å². The summed E-state index contributed by atoms with van der Waals surface area (Å²) in [7, 11) is 0. The molecule has 28 heavy (non-hydrogen) atoms. The predicted octanol–water partition coefficient (Wildman–Crippen LogP) is 3.49. The van der Waals surface area contributed by atoms with Gasteiger partial charge in [0.25, 0.3) is 0 Å². The first-order valence-electron chi connectivity index (χ1n) is 10.1. The molecule has 1 aliphatic heterocycles. The maximum absolute atomic E-state index is 12.7. The van der Waals surface area contributed by atoms with Gasteiger partial charge in [0.2, 0.25) is 0 Å². The molecule has 152 valence electrons. The third kappa shape index (κ3) is 4.32. The molecule has 1 amide bonds. The first-order valence-corrected chi connectivity index (χ1v) is 10.1. The van der Waals surface area contributed by atoms with Gasteiger partial charge >= 0.3 is 6.09 Å². The first kappa shape index (κ1) is 20.2. The van der Waals surface area contributed by atoms with Gasteiger partial charge in [0.1, 0.15) is 17.5 Å². The van der Waals surface area contributed by atoms with Crippen molar-refractivity contribution in [3.63, 3.8) is 0 Å². The topological polar surface area (TPSA) is 95.5 Å². The van der Waals surface area contributed by atoms with Crippen molar-refractivity contribution in [2.75, 3.05) is 30.3 Å².